The summed E-state index contributed by atoms with van der Waals surface area (Å²) in [6, 6.07) is 0. The molecule has 0 saturated heterocycles. The summed E-state index contributed by atoms with van der Waals surface area (Å²) in [4.78, 5) is 30.9. The molecule has 0 spiro atoms. The van der Waals surface area contributed by atoms with E-state index >= 15 is 0 Å². The van der Waals surface area contributed by atoms with E-state index in [1.807, 2.05) is 0 Å². The van der Waals surface area contributed by atoms with Crippen LogP contribution < -0.4 is 5.32 Å². The number of hydrogen-bond donors (Lipinski definition) is 2. The first kappa shape index (κ1) is 11.0. The summed E-state index contributed by atoms with van der Waals surface area (Å²) < 4.78 is 3.38. The zero-order valence-electron chi connectivity index (χ0n) is 7.38. The second-order valence-electron chi connectivity index (χ2n) is 2.45. The smallest absolute Gasteiger partial charge is 0.362 e. The average Bonchev–Trinajstić information content (AvgIpc) is 2.46. The minimum absolute atomic E-state index is 0.176. The molecule has 9 heteroatoms. The van der Waals surface area contributed by atoms with Gasteiger partial charge in [-0.25, -0.2) is 4.79 Å². The molecule has 1 heterocycles. The van der Waals surface area contributed by atoms with Crippen molar-refractivity contribution in [3.8, 4) is 0 Å². The summed E-state index contributed by atoms with van der Waals surface area (Å²) in [6.45, 7) is 1.16. The van der Waals surface area contributed by atoms with Gasteiger partial charge in [0.25, 0.3) is 0 Å². The van der Waals surface area contributed by atoms with Gasteiger partial charge >= 0.3 is 11.7 Å². The molecule has 1 amide bonds. The second kappa shape index (κ2) is 4.00. The highest BCUT2D eigenvalue weighted by Crippen LogP contribution is 2.32. The van der Waals surface area contributed by atoms with Crippen molar-refractivity contribution in [2.24, 2.45) is 0 Å². The number of aromatic carboxylic acids is 1. The molecule has 1 aromatic heterocycles. The number of nitrogens with one attached hydrogen (secondary N) is 1. The number of amides is 1. The van der Waals surface area contributed by atoms with Gasteiger partial charge < -0.3 is 10.4 Å². The van der Waals surface area contributed by atoms with Gasteiger partial charge in [-0.1, -0.05) is 0 Å². The molecular weight excluding hydrogens is 226 g/mol. The lowest BCUT2D eigenvalue weighted by molar-refractivity contribution is -0.384. The molecule has 8 nitrogen and oxygen atoms in total. The number of rotatable bonds is 3. The Hall–Kier alpha value is -2.03. The van der Waals surface area contributed by atoms with Gasteiger partial charge in [-0.2, -0.15) is 4.37 Å². The van der Waals surface area contributed by atoms with Crippen LogP contribution in [0.25, 0.3) is 0 Å². The Morgan fingerprint density at radius 3 is 2.60 bits per heavy atom. The van der Waals surface area contributed by atoms with Gasteiger partial charge in [0.2, 0.25) is 11.6 Å². The molecule has 0 unspecified atom stereocenters. The van der Waals surface area contributed by atoms with Crippen molar-refractivity contribution in [2.75, 3.05) is 5.32 Å². The first-order valence-corrected chi connectivity index (χ1v) is 4.35. The van der Waals surface area contributed by atoms with Crippen molar-refractivity contribution in [1.82, 2.24) is 4.37 Å². The topological polar surface area (TPSA) is 122 Å². The van der Waals surface area contributed by atoms with Gasteiger partial charge in [0, 0.05) is 6.92 Å². The van der Waals surface area contributed by atoms with E-state index in [0.717, 1.165) is 6.92 Å². The molecule has 0 aromatic carbocycles. The molecule has 0 bridgehead atoms. The van der Waals surface area contributed by atoms with Crippen LogP contribution in [0.4, 0.5) is 10.7 Å². The van der Waals surface area contributed by atoms with Crippen molar-refractivity contribution < 1.29 is 19.6 Å². The molecule has 0 aliphatic heterocycles. The van der Waals surface area contributed by atoms with E-state index in [9.17, 15) is 19.7 Å². The van der Waals surface area contributed by atoms with E-state index in [4.69, 9.17) is 5.11 Å². The fraction of sp³-hybridized carbons (Fsp3) is 0.167. The molecule has 80 valence electrons. The molecule has 0 aliphatic carbocycles. The van der Waals surface area contributed by atoms with E-state index in [0.29, 0.717) is 11.5 Å². The molecule has 1 rings (SSSR count). The molecule has 0 aliphatic rings. The number of anilines is 1. The lowest BCUT2D eigenvalue weighted by Gasteiger charge is -1.95. The monoisotopic (exact) mass is 231 g/mol. The van der Waals surface area contributed by atoms with Crippen molar-refractivity contribution in [2.45, 2.75) is 6.92 Å². The predicted octanol–water partition coefficient (Wildman–Crippen LogP) is 0.708. The van der Waals surface area contributed by atoms with Crippen LogP contribution in [0.3, 0.4) is 0 Å². The van der Waals surface area contributed by atoms with E-state index in [1.165, 1.54) is 0 Å². The Kier molecular flexibility index (Phi) is 2.95. The highest BCUT2D eigenvalue weighted by atomic mass is 32.1. The van der Waals surface area contributed by atoms with E-state index in [1.54, 1.807) is 0 Å². The Balaban J connectivity index is 3.24. The van der Waals surface area contributed by atoms with Crippen LogP contribution >= 0.6 is 11.5 Å². The van der Waals surface area contributed by atoms with Crippen LogP contribution in [-0.4, -0.2) is 26.3 Å². The highest BCUT2D eigenvalue weighted by Gasteiger charge is 2.29. The van der Waals surface area contributed by atoms with Crippen molar-refractivity contribution >= 4 is 34.1 Å². The Labute approximate surface area is 86.8 Å². The van der Waals surface area contributed by atoms with Crippen LogP contribution in [0, 0.1) is 10.1 Å². The Morgan fingerprint density at radius 2 is 2.20 bits per heavy atom. The fourth-order valence-corrected chi connectivity index (χ4v) is 1.63. The summed E-state index contributed by atoms with van der Waals surface area (Å²) in [6.07, 6.45) is 0. The number of carbonyl (C=O) groups excluding carboxylic acids is 1. The average molecular weight is 231 g/mol. The number of carbonyl (C=O) groups is 2. The molecular formula is C6H5N3O5S. The highest BCUT2D eigenvalue weighted by molar-refractivity contribution is 7.11. The van der Waals surface area contributed by atoms with Crippen LogP contribution in [0.5, 0.6) is 0 Å². The molecule has 0 saturated carbocycles. The number of nitro groups is 1. The molecule has 15 heavy (non-hydrogen) atoms. The van der Waals surface area contributed by atoms with Gasteiger partial charge in [0.1, 0.15) is 0 Å². The van der Waals surface area contributed by atoms with Crippen LogP contribution in [0.15, 0.2) is 0 Å². The van der Waals surface area contributed by atoms with Gasteiger partial charge in [-0.3, -0.25) is 14.9 Å². The number of aromatic nitrogens is 1. The number of nitrogens with zero attached hydrogens (tertiary/aromatic N) is 2. The number of carboxylic acids is 1. The van der Waals surface area contributed by atoms with Crippen molar-refractivity contribution in [3.63, 3.8) is 0 Å². The third kappa shape index (κ3) is 2.26. The second-order valence-corrected chi connectivity index (χ2v) is 3.23. The number of hydrogen-bond acceptors (Lipinski definition) is 6. The van der Waals surface area contributed by atoms with Crippen LogP contribution in [-0.2, 0) is 4.79 Å². The van der Waals surface area contributed by atoms with Crippen molar-refractivity contribution in [1.29, 1.82) is 0 Å². The lowest BCUT2D eigenvalue weighted by Crippen LogP contribution is -2.07. The van der Waals surface area contributed by atoms with Gasteiger partial charge in [-0.15, -0.1) is 0 Å². The Morgan fingerprint density at radius 1 is 1.60 bits per heavy atom. The van der Waals surface area contributed by atoms with Crippen LogP contribution in [0.2, 0.25) is 0 Å². The fourth-order valence-electron chi connectivity index (χ4n) is 0.837. The maximum Gasteiger partial charge on any atom is 0.362 e. The molecule has 2 N–H and O–H groups in total. The lowest BCUT2D eigenvalue weighted by atomic mass is 10.3. The molecule has 0 radical (unpaired) electrons. The summed E-state index contributed by atoms with van der Waals surface area (Å²) in [7, 11) is 0. The van der Waals surface area contributed by atoms with Crippen LogP contribution in [0.1, 0.15) is 17.4 Å². The first-order chi connectivity index (χ1) is 6.93. The zero-order chi connectivity index (χ0) is 11.6. The molecule has 0 atom stereocenters. The quantitative estimate of drug-likeness (QED) is 0.583. The third-order valence-electron chi connectivity index (χ3n) is 1.34. The normalized spacial score (nSPS) is 9.67. The standard InChI is InChI=1S/C6H5N3O5S/c1-2(10)7-5-4(9(13)14)3(6(11)12)8-15-5/h1H3,(H,7,10)(H,11,12). The largest absolute Gasteiger partial charge is 0.476 e. The predicted molar refractivity (Wildman–Crippen MR) is 50.0 cm³/mol. The minimum Gasteiger partial charge on any atom is -0.476 e. The molecule has 1 aromatic rings. The minimum atomic E-state index is -1.51. The van der Waals surface area contributed by atoms with Gasteiger partial charge in [-0.05, 0) is 11.5 Å². The summed E-state index contributed by atoms with van der Waals surface area (Å²) in [5, 5.41) is 21.1. The van der Waals surface area contributed by atoms with E-state index in [2.05, 4.69) is 9.69 Å². The molecule has 0 fully saturated rings. The summed E-state index contributed by atoms with van der Waals surface area (Å²) in [5.74, 6) is -2.03. The first-order valence-electron chi connectivity index (χ1n) is 3.58. The maximum atomic E-state index is 10.7. The zero-order valence-corrected chi connectivity index (χ0v) is 8.20. The van der Waals surface area contributed by atoms with E-state index < -0.39 is 28.2 Å². The van der Waals surface area contributed by atoms with Crippen molar-refractivity contribution in [3.05, 3.63) is 15.8 Å². The van der Waals surface area contributed by atoms with E-state index in [-0.39, 0.29) is 5.00 Å². The third-order valence-corrected chi connectivity index (χ3v) is 2.09. The maximum absolute atomic E-state index is 10.7. The number of carboxylic acid groups (broad SMARTS) is 1. The SMILES string of the molecule is CC(=O)Nc1snc(C(=O)O)c1[N+](=O)[O-]. The summed E-state index contributed by atoms with van der Waals surface area (Å²) >= 11 is 0.557. The van der Waals surface area contributed by atoms with Gasteiger partial charge in [0.15, 0.2) is 5.00 Å². The Bertz CT molecular complexity index is 440. The summed E-state index contributed by atoms with van der Waals surface area (Å²) in [5.41, 5.74) is -1.36. The van der Waals surface area contributed by atoms with Gasteiger partial charge in [0.05, 0.1) is 4.92 Å².